The van der Waals surface area contributed by atoms with E-state index < -0.39 is 0 Å². The second-order valence-electron chi connectivity index (χ2n) is 6.90. The normalized spacial score (nSPS) is 11.1. The Balaban J connectivity index is 1.97. The molecule has 162 valence electrons. The zero-order valence-electron chi connectivity index (χ0n) is 17.8. The van der Waals surface area contributed by atoms with Crippen LogP contribution in [0.3, 0.4) is 0 Å². The number of halogens is 1. The van der Waals surface area contributed by atoms with E-state index >= 15 is 0 Å². The van der Waals surface area contributed by atoms with E-state index in [1.807, 2.05) is 6.07 Å². The van der Waals surface area contributed by atoms with Crippen molar-refractivity contribution in [2.24, 2.45) is 0 Å². The molecule has 0 N–H and O–H groups in total. The van der Waals surface area contributed by atoms with Gasteiger partial charge in [0, 0.05) is 12.1 Å². The van der Waals surface area contributed by atoms with Crippen LogP contribution >= 0.6 is 0 Å². The summed E-state index contributed by atoms with van der Waals surface area (Å²) in [7, 11) is 4.54. The second kappa shape index (κ2) is 8.93. The number of hydrogen-bond donors (Lipinski definition) is 0. The number of benzene rings is 3. The number of ether oxygens (including phenoxy) is 3. The molecule has 0 bridgehead atoms. The minimum atomic E-state index is -0.319. The highest BCUT2D eigenvalue weighted by Crippen LogP contribution is 2.39. The summed E-state index contributed by atoms with van der Waals surface area (Å²) in [5.41, 5.74) is 1.59. The van der Waals surface area contributed by atoms with Crippen molar-refractivity contribution in [1.82, 2.24) is 9.55 Å². The van der Waals surface area contributed by atoms with E-state index in [0.717, 1.165) is 5.56 Å². The van der Waals surface area contributed by atoms with Gasteiger partial charge >= 0.3 is 0 Å². The first-order valence-electron chi connectivity index (χ1n) is 9.81. The summed E-state index contributed by atoms with van der Waals surface area (Å²) in [5, 5.41) is 0.472. The maximum absolute atomic E-state index is 13.5. The SMILES string of the molecule is COc1cc(-n2c(/C=C/c3ccc(F)cc3)nc3ccccc3c2=O)cc(OC)c1OC. The third-order valence-electron chi connectivity index (χ3n) is 5.00. The average Bonchev–Trinajstić information content (AvgIpc) is 2.82. The summed E-state index contributed by atoms with van der Waals surface area (Å²) in [6.07, 6.45) is 3.48. The first-order valence-corrected chi connectivity index (χ1v) is 9.81. The Bertz CT molecular complexity index is 1340. The summed E-state index contributed by atoms with van der Waals surface area (Å²) >= 11 is 0. The van der Waals surface area contributed by atoms with Gasteiger partial charge in [0.25, 0.3) is 5.56 Å². The zero-order chi connectivity index (χ0) is 22.7. The number of para-hydroxylation sites is 1. The van der Waals surface area contributed by atoms with E-state index in [1.165, 1.54) is 38.0 Å². The summed E-state index contributed by atoms with van der Waals surface area (Å²) in [4.78, 5) is 18.2. The largest absolute Gasteiger partial charge is 0.493 e. The van der Waals surface area contributed by atoms with Gasteiger partial charge in [0.05, 0.1) is 37.9 Å². The topological polar surface area (TPSA) is 62.6 Å². The van der Waals surface area contributed by atoms with Crippen LogP contribution in [-0.2, 0) is 0 Å². The van der Waals surface area contributed by atoms with E-state index in [2.05, 4.69) is 4.98 Å². The molecule has 0 aliphatic carbocycles. The van der Waals surface area contributed by atoms with Crippen LogP contribution in [0.25, 0.3) is 28.7 Å². The number of aromatic nitrogens is 2. The number of hydrogen-bond acceptors (Lipinski definition) is 5. The summed E-state index contributed by atoms with van der Waals surface area (Å²) in [6, 6.07) is 16.6. The third kappa shape index (κ3) is 3.92. The molecule has 7 heteroatoms. The molecule has 1 heterocycles. The van der Waals surface area contributed by atoms with Crippen LogP contribution in [0.1, 0.15) is 11.4 Å². The van der Waals surface area contributed by atoms with Gasteiger partial charge in [-0.3, -0.25) is 9.36 Å². The molecule has 0 aliphatic heterocycles. The van der Waals surface area contributed by atoms with Crippen LogP contribution in [0.5, 0.6) is 17.2 Å². The van der Waals surface area contributed by atoms with Gasteiger partial charge in [-0.25, -0.2) is 9.37 Å². The first-order chi connectivity index (χ1) is 15.5. The Morgan fingerprint density at radius 2 is 1.53 bits per heavy atom. The van der Waals surface area contributed by atoms with Gasteiger partial charge in [-0.1, -0.05) is 30.3 Å². The lowest BCUT2D eigenvalue weighted by atomic mass is 10.2. The number of methoxy groups -OCH3 is 3. The first kappa shape index (κ1) is 21.1. The Morgan fingerprint density at radius 3 is 2.16 bits per heavy atom. The molecule has 0 aliphatic rings. The smallest absolute Gasteiger partial charge is 0.266 e. The van der Waals surface area contributed by atoms with Gasteiger partial charge in [0.2, 0.25) is 5.75 Å². The van der Waals surface area contributed by atoms with Gasteiger partial charge in [-0.15, -0.1) is 0 Å². The lowest BCUT2D eigenvalue weighted by Crippen LogP contribution is -2.22. The van der Waals surface area contributed by atoms with Crippen LogP contribution in [0.4, 0.5) is 4.39 Å². The minimum absolute atomic E-state index is 0.247. The summed E-state index contributed by atoms with van der Waals surface area (Å²) < 4.78 is 31.0. The number of rotatable bonds is 6. The van der Waals surface area contributed by atoms with E-state index in [1.54, 1.807) is 54.6 Å². The third-order valence-corrected chi connectivity index (χ3v) is 5.00. The highest BCUT2D eigenvalue weighted by Gasteiger charge is 2.18. The van der Waals surface area contributed by atoms with Crippen LogP contribution < -0.4 is 19.8 Å². The van der Waals surface area contributed by atoms with E-state index in [-0.39, 0.29) is 11.4 Å². The lowest BCUT2D eigenvalue weighted by Gasteiger charge is -2.17. The second-order valence-corrected chi connectivity index (χ2v) is 6.90. The molecule has 6 nitrogen and oxygen atoms in total. The van der Waals surface area contributed by atoms with Crippen molar-refractivity contribution < 1.29 is 18.6 Å². The fourth-order valence-electron chi connectivity index (χ4n) is 3.45. The highest BCUT2D eigenvalue weighted by atomic mass is 19.1. The maximum Gasteiger partial charge on any atom is 0.266 e. The summed E-state index contributed by atoms with van der Waals surface area (Å²) in [6.45, 7) is 0. The Kier molecular flexibility index (Phi) is 5.89. The molecule has 0 atom stereocenters. The van der Waals surface area contributed by atoms with Crippen LogP contribution in [0, 0.1) is 5.82 Å². The maximum atomic E-state index is 13.5. The van der Waals surface area contributed by atoms with E-state index in [4.69, 9.17) is 14.2 Å². The molecule has 32 heavy (non-hydrogen) atoms. The number of fused-ring (bicyclic) bond motifs is 1. The molecule has 0 amide bonds. The molecule has 0 saturated heterocycles. The molecule has 3 aromatic carbocycles. The standard InChI is InChI=1S/C25H21FN2O4/c1-30-21-14-18(15-22(31-2)24(21)32-3)28-23(13-10-16-8-11-17(26)12-9-16)27-20-7-5-4-6-19(20)25(28)29/h4-15H,1-3H3/b13-10+. The minimum Gasteiger partial charge on any atom is -0.493 e. The van der Waals surface area contributed by atoms with Crippen molar-refractivity contribution in [3.05, 3.63) is 88.2 Å². The Morgan fingerprint density at radius 1 is 0.875 bits per heavy atom. The zero-order valence-corrected chi connectivity index (χ0v) is 17.8. The van der Waals surface area contributed by atoms with Gasteiger partial charge in [-0.2, -0.15) is 0 Å². The Hall–Kier alpha value is -4.13. The van der Waals surface area contributed by atoms with Gasteiger partial charge in [0.1, 0.15) is 11.6 Å². The molecular formula is C25H21FN2O4. The molecule has 0 unspecified atom stereocenters. The number of nitrogens with zero attached hydrogens (tertiary/aromatic N) is 2. The lowest BCUT2D eigenvalue weighted by molar-refractivity contribution is 0.324. The molecule has 4 rings (SSSR count). The average molecular weight is 432 g/mol. The summed E-state index contributed by atoms with van der Waals surface area (Å²) in [5.74, 6) is 1.32. The quantitative estimate of drug-likeness (QED) is 0.441. The monoisotopic (exact) mass is 432 g/mol. The van der Waals surface area contributed by atoms with Gasteiger partial charge < -0.3 is 14.2 Å². The van der Waals surface area contributed by atoms with Crippen molar-refractivity contribution in [2.45, 2.75) is 0 Å². The van der Waals surface area contributed by atoms with Crippen molar-refractivity contribution in [1.29, 1.82) is 0 Å². The van der Waals surface area contributed by atoms with Gasteiger partial charge in [0.15, 0.2) is 11.5 Å². The predicted octanol–water partition coefficient (Wildman–Crippen LogP) is 4.72. The molecular weight excluding hydrogens is 411 g/mol. The predicted molar refractivity (Wildman–Crippen MR) is 122 cm³/mol. The Labute approximate surface area is 184 Å². The molecule has 4 aromatic rings. The van der Waals surface area contributed by atoms with Crippen LogP contribution in [0.15, 0.2) is 65.5 Å². The molecule has 0 spiro atoms. The fraction of sp³-hybridized carbons (Fsp3) is 0.120. The van der Waals surface area contributed by atoms with E-state index in [0.29, 0.717) is 39.7 Å². The molecule has 0 radical (unpaired) electrons. The van der Waals surface area contributed by atoms with E-state index in [9.17, 15) is 9.18 Å². The van der Waals surface area contributed by atoms with Crippen molar-refractivity contribution in [3.8, 4) is 22.9 Å². The fourth-order valence-corrected chi connectivity index (χ4v) is 3.45. The molecule has 1 aromatic heterocycles. The van der Waals surface area contributed by atoms with Crippen molar-refractivity contribution in [2.75, 3.05) is 21.3 Å². The van der Waals surface area contributed by atoms with Crippen molar-refractivity contribution in [3.63, 3.8) is 0 Å². The molecule has 0 saturated carbocycles. The van der Waals surface area contributed by atoms with Gasteiger partial charge in [-0.05, 0) is 35.9 Å². The van der Waals surface area contributed by atoms with Crippen LogP contribution in [-0.4, -0.2) is 30.9 Å². The van der Waals surface area contributed by atoms with Crippen LogP contribution in [0.2, 0.25) is 0 Å². The van der Waals surface area contributed by atoms with Crippen molar-refractivity contribution >= 4 is 23.1 Å². The highest BCUT2D eigenvalue weighted by molar-refractivity contribution is 5.80. The molecule has 0 fully saturated rings.